The number of phenolic OH excluding ortho intramolecular Hbond substituents is 2. The van der Waals surface area contributed by atoms with Gasteiger partial charge in [-0.1, -0.05) is 215 Å². The highest BCUT2D eigenvalue weighted by Gasteiger charge is 2.32. The lowest BCUT2D eigenvalue weighted by atomic mass is 9.83. The van der Waals surface area contributed by atoms with Gasteiger partial charge in [-0.3, -0.25) is 19.6 Å². The highest BCUT2D eigenvalue weighted by molar-refractivity contribution is 5.47. The monoisotopic (exact) mass is 913 g/mol. The molecule has 360 valence electrons. The average molecular weight is 913 g/mol. The van der Waals surface area contributed by atoms with Crippen LogP contribution >= 0.6 is 0 Å². The van der Waals surface area contributed by atoms with Gasteiger partial charge in [0, 0.05) is 101 Å². The van der Waals surface area contributed by atoms with Crippen molar-refractivity contribution in [1.29, 1.82) is 0 Å². The third-order valence-corrected chi connectivity index (χ3v) is 13.4. The van der Waals surface area contributed by atoms with Crippen LogP contribution in [0.1, 0.15) is 125 Å². The Hall–Kier alpha value is -5.24. The third-order valence-electron chi connectivity index (χ3n) is 13.4. The summed E-state index contributed by atoms with van der Waals surface area (Å²) in [5.41, 5.74) is 10.7. The van der Waals surface area contributed by atoms with E-state index in [9.17, 15) is 10.2 Å². The largest absolute Gasteiger partial charge is 0.507 e. The quantitative estimate of drug-likeness (QED) is 0.159. The molecule has 0 aliphatic carbocycles. The maximum Gasteiger partial charge on any atom is 0.124 e. The van der Waals surface area contributed by atoms with E-state index in [0.29, 0.717) is 37.7 Å². The van der Waals surface area contributed by atoms with Crippen molar-refractivity contribution in [3.05, 3.63) is 201 Å². The molecule has 6 nitrogen and oxygen atoms in total. The summed E-state index contributed by atoms with van der Waals surface area (Å²) in [6, 6.07) is 52.2. The third kappa shape index (κ3) is 14.4. The minimum atomic E-state index is -0.185. The fraction of sp³-hybridized carbons (Fsp3) is 0.419. The Bertz CT molecular complexity index is 2190. The van der Waals surface area contributed by atoms with Crippen LogP contribution in [-0.4, -0.2) is 56.0 Å². The molecule has 0 aromatic heterocycles. The van der Waals surface area contributed by atoms with Crippen LogP contribution in [0.2, 0.25) is 0 Å². The van der Waals surface area contributed by atoms with Gasteiger partial charge in [-0.2, -0.15) is 0 Å². The van der Waals surface area contributed by atoms with E-state index in [-0.39, 0.29) is 21.7 Å². The lowest BCUT2D eigenvalue weighted by Gasteiger charge is -2.39. The van der Waals surface area contributed by atoms with Crippen molar-refractivity contribution in [3.8, 4) is 11.5 Å². The molecule has 1 aliphatic heterocycles. The Morgan fingerprint density at radius 3 is 0.765 bits per heavy atom. The summed E-state index contributed by atoms with van der Waals surface area (Å²) in [5, 5.41) is 25.3. The number of hydrogen-bond acceptors (Lipinski definition) is 6. The second-order valence-corrected chi connectivity index (χ2v) is 23.6. The topological polar surface area (TPSA) is 53.4 Å². The van der Waals surface area contributed by atoms with Crippen molar-refractivity contribution in [1.82, 2.24) is 19.6 Å². The van der Waals surface area contributed by atoms with Gasteiger partial charge in [-0.25, -0.2) is 0 Å². The Balaban J connectivity index is 1.39. The fourth-order valence-electron chi connectivity index (χ4n) is 10.4. The number of fused-ring (bicyclic) bond motifs is 4. The summed E-state index contributed by atoms with van der Waals surface area (Å²) < 4.78 is 0. The molecule has 68 heavy (non-hydrogen) atoms. The van der Waals surface area contributed by atoms with Crippen molar-refractivity contribution in [3.63, 3.8) is 0 Å². The molecule has 0 amide bonds. The summed E-state index contributed by atoms with van der Waals surface area (Å²) in [4.78, 5) is 10.2. The van der Waals surface area contributed by atoms with Crippen molar-refractivity contribution in [2.24, 2.45) is 10.8 Å². The summed E-state index contributed by atoms with van der Waals surface area (Å²) >= 11 is 0. The molecule has 0 atom stereocenters. The first-order valence-corrected chi connectivity index (χ1v) is 24.9. The Labute approximate surface area is 410 Å². The zero-order valence-electron chi connectivity index (χ0n) is 43.0. The van der Waals surface area contributed by atoms with E-state index >= 15 is 0 Å². The maximum absolute atomic E-state index is 12.6. The molecule has 0 spiro atoms. The van der Waals surface area contributed by atoms with E-state index in [0.717, 1.165) is 74.6 Å². The highest BCUT2D eigenvalue weighted by Crippen LogP contribution is 2.38. The highest BCUT2D eigenvalue weighted by atomic mass is 16.3. The van der Waals surface area contributed by atoms with Gasteiger partial charge in [0.05, 0.1) is 0 Å². The molecular weight excluding hydrogens is 833 g/mol. The molecule has 0 fully saturated rings. The lowest BCUT2D eigenvalue weighted by Crippen LogP contribution is -2.42. The summed E-state index contributed by atoms with van der Waals surface area (Å²) in [6.07, 6.45) is 0. The summed E-state index contributed by atoms with van der Waals surface area (Å²) in [7, 11) is 0. The number of hydrogen-bond donors (Lipinski definition) is 2. The standard InChI is InChI=1S/C62H80N4O2/c1-59(2,3)55-31-51-39-63(35-47-23-15-11-16-24-47)43-61(7,8)45-65(37-49-27-19-13-20-28-49)41-53-33-56(60(4,5)6)34-54(58(53)68)42-66(38-50-29-21-14-22-30-50)46-62(9,10)44-64(40-52(32-55)57(51)67)36-48-25-17-12-18-26-48/h11-34,67-68H,35-46H2,1-10H3. The zero-order valence-corrected chi connectivity index (χ0v) is 43.0. The normalized spacial score (nSPS) is 17.4. The number of phenols is 2. The summed E-state index contributed by atoms with van der Waals surface area (Å²) in [6.45, 7) is 31.9. The van der Waals surface area contributed by atoms with Gasteiger partial charge < -0.3 is 10.2 Å². The van der Waals surface area contributed by atoms with Gasteiger partial charge in [0.25, 0.3) is 0 Å². The van der Waals surface area contributed by atoms with E-state index in [1.54, 1.807) is 0 Å². The molecule has 2 N–H and O–H groups in total. The molecule has 0 radical (unpaired) electrons. The van der Waals surface area contributed by atoms with Gasteiger partial charge in [0.2, 0.25) is 0 Å². The molecule has 1 aliphatic rings. The van der Waals surface area contributed by atoms with E-state index in [2.05, 4.69) is 234 Å². The SMILES string of the molecule is CC1(C)CN(Cc2ccccc2)Cc2cc(C(C)(C)C)cc(c2O)CN(Cc2ccccc2)CC(C)(C)CN(Cc2ccccc2)Cc2cc(C(C)(C)C)cc(c2O)CN(Cc2ccccc2)C1. The van der Waals surface area contributed by atoms with Crippen LogP contribution in [0.25, 0.3) is 0 Å². The molecule has 7 rings (SSSR count). The molecule has 6 aromatic carbocycles. The zero-order chi connectivity index (χ0) is 48.7. The predicted molar refractivity (Wildman–Crippen MR) is 283 cm³/mol. The molecular formula is C62H80N4O2. The number of rotatable bonds is 8. The van der Waals surface area contributed by atoms with Crippen molar-refractivity contribution < 1.29 is 10.2 Å². The molecule has 6 aromatic rings. The molecule has 0 unspecified atom stereocenters. The Morgan fingerprint density at radius 1 is 0.368 bits per heavy atom. The maximum atomic E-state index is 12.6. The molecule has 0 saturated heterocycles. The molecule has 4 bridgehead atoms. The first-order valence-electron chi connectivity index (χ1n) is 24.9. The van der Waals surface area contributed by atoms with Crippen molar-refractivity contribution >= 4 is 0 Å². The first kappa shape index (κ1) is 50.6. The molecule has 1 heterocycles. The minimum absolute atomic E-state index is 0.123. The van der Waals surface area contributed by atoms with Gasteiger partial charge in [-0.15, -0.1) is 0 Å². The van der Waals surface area contributed by atoms with Crippen LogP contribution in [0, 0.1) is 10.8 Å². The van der Waals surface area contributed by atoms with Crippen molar-refractivity contribution in [2.75, 3.05) is 26.2 Å². The fourth-order valence-corrected chi connectivity index (χ4v) is 10.4. The van der Waals surface area contributed by atoms with Gasteiger partial charge in [0.15, 0.2) is 0 Å². The number of nitrogens with zero attached hydrogens (tertiary/aromatic N) is 4. The van der Waals surface area contributed by atoms with Gasteiger partial charge in [-0.05, 0) is 55.0 Å². The second-order valence-electron chi connectivity index (χ2n) is 23.6. The minimum Gasteiger partial charge on any atom is -0.507 e. The first-order chi connectivity index (χ1) is 32.2. The van der Waals surface area contributed by atoms with Gasteiger partial charge in [0.1, 0.15) is 11.5 Å². The van der Waals surface area contributed by atoms with E-state index in [1.807, 2.05) is 0 Å². The van der Waals surface area contributed by atoms with E-state index in [1.165, 1.54) is 33.4 Å². The van der Waals surface area contributed by atoms with Crippen molar-refractivity contribution in [2.45, 2.75) is 132 Å². The smallest absolute Gasteiger partial charge is 0.124 e. The summed E-state index contributed by atoms with van der Waals surface area (Å²) in [5.74, 6) is 0.804. The number of benzene rings is 6. The second kappa shape index (κ2) is 21.6. The van der Waals surface area contributed by atoms with Crippen LogP contribution < -0.4 is 0 Å². The lowest BCUT2D eigenvalue weighted by molar-refractivity contribution is 0.0997. The van der Waals surface area contributed by atoms with Crippen LogP contribution in [-0.2, 0) is 63.2 Å². The predicted octanol–water partition coefficient (Wildman–Crippen LogP) is 13.5. The van der Waals surface area contributed by atoms with E-state index in [4.69, 9.17) is 0 Å². The van der Waals surface area contributed by atoms with E-state index < -0.39 is 0 Å². The van der Waals surface area contributed by atoms with Gasteiger partial charge >= 0.3 is 0 Å². The van der Waals surface area contributed by atoms with Crippen LogP contribution in [0.4, 0.5) is 0 Å². The molecule has 0 saturated carbocycles. The molecule has 6 heteroatoms. The van der Waals surface area contributed by atoms with Crippen LogP contribution in [0.5, 0.6) is 11.5 Å². The number of aromatic hydroxyl groups is 2. The van der Waals surface area contributed by atoms with Crippen LogP contribution in [0.3, 0.4) is 0 Å². The Kier molecular flexibility index (Phi) is 16.1. The average Bonchev–Trinajstić information content (AvgIpc) is 3.26. The van der Waals surface area contributed by atoms with Crippen LogP contribution in [0.15, 0.2) is 146 Å². The Morgan fingerprint density at radius 2 is 0.574 bits per heavy atom.